The van der Waals surface area contributed by atoms with Gasteiger partial charge in [-0.05, 0) is 35.1 Å². The Morgan fingerprint density at radius 1 is 1.12 bits per heavy atom. The lowest BCUT2D eigenvalue weighted by molar-refractivity contribution is 0.399. The number of ether oxygens (including phenoxy) is 1. The van der Waals surface area contributed by atoms with Crippen molar-refractivity contribution in [3.8, 4) is 16.9 Å². The molecule has 5 heteroatoms. The van der Waals surface area contributed by atoms with Crippen LogP contribution in [0.15, 0.2) is 36.4 Å². The van der Waals surface area contributed by atoms with Gasteiger partial charge in [-0.15, -0.1) is 0 Å². The number of benzene rings is 2. The first-order chi connectivity index (χ1) is 11.6. The van der Waals surface area contributed by atoms with Crippen LogP contribution in [0.2, 0.25) is 0 Å². The average Bonchev–Trinajstić information content (AvgIpc) is 2.96. The summed E-state index contributed by atoms with van der Waals surface area (Å²) >= 11 is 0. The highest BCUT2D eigenvalue weighted by atomic mass is 32.2. The lowest BCUT2D eigenvalue weighted by Gasteiger charge is -2.24. The summed E-state index contributed by atoms with van der Waals surface area (Å²) < 4.78 is 31.1. The molecule has 1 aliphatic heterocycles. The number of methoxy groups -OCH3 is 1. The number of sulfonamides is 1. The lowest BCUT2D eigenvalue weighted by atomic mass is 9.84. The van der Waals surface area contributed by atoms with Crippen LogP contribution in [0.1, 0.15) is 31.9 Å². The minimum absolute atomic E-state index is 0.0226. The predicted molar refractivity (Wildman–Crippen MR) is 103 cm³/mol. The van der Waals surface area contributed by atoms with Crippen molar-refractivity contribution < 1.29 is 13.2 Å². The molecule has 25 heavy (non-hydrogen) atoms. The monoisotopic (exact) mass is 359 g/mol. The van der Waals surface area contributed by atoms with E-state index in [1.165, 1.54) is 10.6 Å². The van der Waals surface area contributed by atoms with E-state index in [0.29, 0.717) is 6.54 Å². The fourth-order valence-electron chi connectivity index (χ4n) is 3.46. The highest BCUT2D eigenvalue weighted by Gasteiger charge is 2.27. The summed E-state index contributed by atoms with van der Waals surface area (Å²) in [6.07, 6.45) is 1.99. The second kappa shape index (κ2) is 6.06. The largest absolute Gasteiger partial charge is 0.496 e. The number of anilines is 1. The number of rotatable bonds is 3. The van der Waals surface area contributed by atoms with Gasteiger partial charge in [0, 0.05) is 17.7 Å². The summed E-state index contributed by atoms with van der Waals surface area (Å²) in [5.74, 6) is 0.882. The number of hydrogen-bond acceptors (Lipinski definition) is 3. The molecule has 0 spiro atoms. The SMILES string of the molecule is COc1c(-c2ccc3c(c2)CCN3S(C)(=O)=O)cccc1C(C)(C)C. The van der Waals surface area contributed by atoms with E-state index in [0.717, 1.165) is 40.1 Å². The van der Waals surface area contributed by atoms with Crippen molar-refractivity contribution >= 4 is 15.7 Å². The van der Waals surface area contributed by atoms with E-state index in [9.17, 15) is 8.42 Å². The Morgan fingerprint density at radius 2 is 1.84 bits per heavy atom. The molecule has 4 nitrogen and oxygen atoms in total. The van der Waals surface area contributed by atoms with Gasteiger partial charge in [-0.2, -0.15) is 0 Å². The third kappa shape index (κ3) is 3.25. The number of nitrogens with zero attached hydrogens (tertiary/aromatic N) is 1. The van der Waals surface area contributed by atoms with E-state index in [4.69, 9.17) is 4.74 Å². The van der Waals surface area contributed by atoms with Gasteiger partial charge >= 0.3 is 0 Å². The molecule has 134 valence electrons. The van der Waals surface area contributed by atoms with Gasteiger partial charge in [0.25, 0.3) is 0 Å². The number of hydrogen-bond donors (Lipinski definition) is 0. The van der Waals surface area contributed by atoms with Gasteiger partial charge < -0.3 is 4.74 Å². The van der Waals surface area contributed by atoms with E-state index in [-0.39, 0.29) is 5.41 Å². The maximum absolute atomic E-state index is 11.9. The Balaban J connectivity index is 2.11. The zero-order chi connectivity index (χ0) is 18.4. The molecule has 0 aliphatic carbocycles. The normalized spacial score (nSPS) is 14.5. The van der Waals surface area contributed by atoms with Gasteiger partial charge in [-0.1, -0.05) is 45.0 Å². The topological polar surface area (TPSA) is 46.6 Å². The van der Waals surface area contributed by atoms with Crippen molar-refractivity contribution in [1.82, 2.24) is 0 Å². The minimum Gasteiger partial charge on any atom is -0.496 e. The molecular weight excluding hydrogens is 334 g/mol. The van der Waals surface area contributed by atoms with Gasteiger partial charge in [0.15, 0.2) is 0 Å². The van der Waals surface area contributed by atoms with Crippen LogP contribution in [0.4, 0.5) is 5.69 Å². The first-order valence-corrected chi connectivity index (χ1v) is 10.3. The van der Waals surface area contributed by atoms with Crippen LogP contribution < -0.4 is 9.04 Å². The second-order valence-corrected chi connectivity index (χ2v) is 9.47. The van der Waals surface area contributed by atoms with Crippen LogP contribution in [0, 0.1) is 0 Å². The summed E-state index contributed by atoms with van der Waals surface area (Å²) in [4.78, 5) is 0. The van der Waals surface area contributed by atoms with E-state index in [1.54, 1.807) is 7.11 Å². The summed E-state index contributed by atoms with van der Waals surface area (Å²) in [5.41, 5.74) is 5.08. The molecule has 0 saturated carbocycles. The third-order valence-electron chi connectivity index (χ3n) is 4.67. The van der Waals surface area contributed by atoms with Crippen molar-refractivity contribution in [2.24, 2.45) is 0 Å². The molecule has 0 fully saturated rings. The quantitative estimate of drug-likeness (QED) is 0.833. The van der Waals surface area contributed by atoms with Crippen molar-refractivity contribution in [1.29, 1.82) is 0 Å². The second-order valence-electron chi connectivity index (χ2n) is 7.57. The van der Waals surface area contributed by atoms with Gasteiger partial charge in [0.1, 0.15) is 5.75 Å². The summed E-state index contributed by atoms with van der Waals surface area (Å²) in [6.45, 7) is 7.01. The summed E-state index contributed by atoms with van der Waals surface area (Å²) in [7, 11) is -1.52. The molecular formula is C20H25NO3S. The van der Waals surface area contributed by atoms with E-state index < -0.39 is 10.0 Å². The first-order valence-electron chi connectivity index (χ1n) is 8.41. The highest BCUT2D eigenvalue weighted by Crippen LogP contribution is 2.41. The van der Waals surface area contributed by atoms with Crippen LogP contribution in [0.3, 0.4) is 0 Å². The molecule has 1 heterocycles. The average molecular weight is 359 g/mol. The smallest absolute Gasteiger partial charge is 0.232 e. The van der Waals surface area contributed by atoms with Crippen LogP contribution in [0.5, 0.6) is 5.75 Å². The fourth-order valence-corrected chi connectivity index (χ4v) is 4.42. The van der Waals surface area contributed by atoms with Gasteiger partial charge in [0.05, 0.1) is 19.1 Å². The van der Waals surface area contributed by atoms with E-state index in [1.807, 2.05) is 12.1 Å². The third-order valence-corrected chi connectivity index (χ3v) is 5.85. The van der Waals surface area contributed by atoms with Crippen molar-refractivity contribution in [2.45, 2.75) is 32.6 Å². The van der Waals surface area contributed by atoms with Gasteiger partial charge in [0.2, 0.25) is 10.0 Å². The maximum Gasteiger partial charge on any atom is 0.232 e. The molecule has 2 aromatic carbocycles. The Labute approximate surface area is 150 Å². The molecule has 0 saturated heterocycles. The Bertz CT molecular complexity index is 911. The highest BCUT2D eigenvalue weighted by molar-refractivity contribution is 7.92. The van der Waals surface area contributed by atoms with Crippen LogP contribution in [0.25, 0.3) is 11.1 Å². The van der Waals surface area contributed by atoms with Gasteiger partial charge in [-0.3, -0.25) is 4.31 Å². The molecule has 1 aliphatic rings. The molecule has 0 unspecified atom stereocenters. The first kappa shape index (κ1) is 17.8. The Kier molecular flexibility index (Phi) is 4.31. The van der Waals surface area contributed by atoms with Crippen LogP contribution >= 0.6 is 0 Å². The molecule has 0 atom stereocenters. The molecule has 0 amide bonds. The molecule has 2 aromatic rings. The molecule has 0 aromatic heterocycles. The van der Waals surface area contributed by atoms with Crippen LogP contribution in [-0.4, -0.2) is 28.3 Å². The Hall–Kier alpha value is -2.01. The van der Waals surface area contributed by atoms with Gasteiger partial charge in [-0.25, -0.2) is 8.42 Å². The molecule has 0 bridgehead atoms. The molecule has 0 radical (unpaired) electrons. The lowest BCUT2D eigenvalue weighted by Crippen LogP contribution is -2.27. The summed E-state index contributed by atoms with van der Waals surface area (Å²) in [6, 6.07) is 12.2. The maximum atomic E-state index is 11.9. The Morgan fingerprint density at radius 3 is 2.44 bits per heavy atom. The van der Waals surface area contributed by atoms with E-state index >= 15 is 0 Å². The van der Waals surface area contributed by atoms with Crippen molar-refractivity contribution in [3.05, 3.63) is 47.5 Å². The predicted octanol–water partition coefficient (Wildman–Crippen LogP) is 3.98. The zero-order valence-electron chi connectivity index (χ0n) is 15.5. The standard InChI is InChI=1S/C20H25NO3S/c1-20(2,3)17-8-6-7-16(19(17)24-4)14-9-10-18-15(13-14)11-12-21(18)25(5,22)23/h6-10,13H,11-12H2,1-5H3. The number of para-hydroxylation sites is 1. The number of fused-ring (bicyclic) bond motifs is 1. The van der Waals surface area contributed by atoms with Crippen LogP contribution in [-0.2, 0) is 21.9 Å². The van der Waals surface area contributed by atoms with Crippen molar-refractivity contribution in [2.75, 3.05) is 24.2 Å². The summed E-state index contributed by atoms with van der Waals surface area (Å²) in [5, 5.41) is 0. The molecule has 0 N–H and O–H groups in total. The minimum atomic E-state index is -3.22. The zero-order valence-corrected chi connectivity index (χ0v) is 16.3. The fraction of sp³-hybridized carbons (Fsp3) is 0.400. The molecule has 3 rings (SSSR count). The van der Waals surface area contributed by atoms with Crippen molar-refractivity contribution in [3.63, 3.8) is 0 Å². The van der Waals surface area contributed by atoms with E-state index in [2.05, 4.69) is 45.0 Å².